The van der Waals surface area contributed by atoms with Crippen molar-refractivity contribution < 1.29 is 24.2 Å². The first-order valence-electron chi connectivity index (χ1n) is 9.94. The molecule has 30 heavy (non-hydrogen) atoms. The van der Waals surface area contributed by atoms with Gasteiger partial charge < -0.3 is 20.5 Å². The zero-order valence-electron chi connectivity index (χ0n) is 17.2. The van der Waals surface area contributed by atoms with Crippen LogP contribution in [0.1, 0.15) is 37.8 Å². The number of alkyl carbamates (subject to hydrolysis) is 1. The average molecular weight is 410 g/mol. The van der Waals surface area contributed by atoms with Gasteiger partial charge in [0.15, 0.2) is 0 Å². The molecule has 0 saturated heterocycles. The van der Waals surface area contributed by atoms with E-state index >= 15 is 0 Å². The molecule has 0 fully saturated rings. The summed E-state index contributed by atoms with van der Waals surface area (Å²) in [5.41, 5.74) is 4.53. The Morgan fingerprint density at radius 3 is 2.00 bits per heavy atom. The lowest BCUT2D eigenvalue weighted by Crippen LogP contribution is -2.48. The number of carbonyl (C=O) groups is 3. The number of carbonyl (C=O) groups excluding carboxylic acids is 2. The summed E-state index contributed by atoms with van der Waals surface area (Å²) in [6.07, 6.45) is -0.615. The van der Waals surface area contributed by atoms with Gasteiger partial charge in [-0.1, -0.05) is 55.5 Å². The lowest BCUT2D eigenvalue weighted by molar-refractivity contribution is -0.142. The number of rotatable bonds is 7. The zero-order valence-corrected chi connectivity index (χ0v) is 17.2. The van der Waals surface area contributed by atoms with Gasteiger partial charge in [0.05, 0.1) is 5.92 Å². The lowest BCUT2D eigenvalue weighted by atomic mass is 9.98. The third-order valence-corrected chi connectivity index (χ3v) is 5.58. The molecule has 7 nitrogen and oxygen atoms in total. The predicted octanol–water partition coefficient (Wildman–Crippen LogP) is 3.14. The number of nitrogens with one attached hydrogen (secondary N) is 2. The molecule has 0 radical (unpaired) electrons. The van der Waals surface area contributed by atoms with Crippen molar-refractivity contribution in [1.82, 2.24) is 10.6 Å². The first-order valence-corrected chi connectivity index (χ1v) is 9.94. The second-order valence-electron chi connectivity index (χ2n) is 7.62. The van der Waals surface area contributed by atoms with Gasteiger partial charge in [0.2, 0.25) is 5.91 Å². The predicted molar refractivity (Wildman–Crippen MR) is 112 cm³/mol. The molecule has 2 unspecified atom stereocenters. The van der Waals surface area contributed by atoms with Gasteiger partial charge in [-0.25, -0.2) is 4.79 Å². The van der Waals surface area contributed by atoms with Gasteiger partial charge in [-0.15, -0.1) is 0 Å². The summed E-state index contributed by atoms with van der Waals surface area (Å²) in [4.78, 5) is 35.4. The van der Waals surface area contributed by atoms with Gasteiger partial charge in [-0.2, -0.15) is 0 Å². The van der Waals surface area contributed by atoms with E-state index < -0.39 is 36.0 Å². The van der Waals surface area contributed by atoms with E-state index in [1.165, 1.54) is 6.92 Å². The van der Waals surface area contributed by atoms with Crippen molar-refractivity contribution in [2.75, 3.05) is 6.61 Å². The van der Waals surface area contributed by atoms with Crippen LogP contribution in [0.2, 0.25) is 0 Å². The molecular formula is C23H26N2O5. The number of carboxylic acids is 1. The summed E-state index contributed by atoms with van der Waals surface area (Å²) < 4.78 is 5.48. The van der Waals surface area contributed by atoms with Crippen LogP contribution < -0.4 is 10.6 Å². The van der Waals surface area contributed by atoms with Crippen LogP contribution in [0.3, 0.4) is 0 Å². The molecule has 2 aromatic carbocycles. The van der Waals surface area contributed by atoms with Crippen molar-refractivity contribution in [3.63, 3.8) is 0 Å². The quantitative estimate of drug-likeness (QED) is 0.650. The number of hydrogen-bond donors (Lipinski definition) is 3. The van der Waals surface area contributed by atoms with Crippen LogP contribution in [0.25, 0.3) is 11.1 Å². The molecule has 7 heteroatoms. The van der Waals surface area contributed by atoms with Crippen LogP contribution in [0, 0.1) is 5.92 Å². The maximum atomic E-state index is 12.3. The largest absolute Gasteiger partial charge is 0.480 e. The van der Waals surface area contributed by atoms with Gasteiger partial charge in [-0.3, -0.25) is 9.59 Å². The van der Waals surface area contributed by atoms with E-state index in [2.05, 4.69) is 22.8 Å². The molecule has 158 valence electrons. The van der Waals surface area contributed by atoms with E-state index in [1.807, 2.05) is 36.4 Å². The fraction of sp³-hybridized carbons (Fsp3) is 0.348. The number of aliphatic carboxylic acids is 1. The van der Waals surface area contributed by atoms with Gasteiger partial charge in [0.1, 0.15) is 12.6 Å². The number of ether oxygens (including phenoxy) is 1. The number of carboxylic acid groups (broad SMARTS) is 1. The van der Waals surface area contributed by atoms with Gasteiger partial charge in [0.25, 0.3) is 0 Å². The molecule has 3 N–H and O–H groups in total. The van der Waals surface area contributed by atoms with Gasteiger partial charge in [0, 0.05) is 12.0 Å². The van der Waals surface area contributed by atoms with Crippen LogP contribution in [0.5, 0.6) is 0 Å². The number of amides is 2. The van der Waals surface area contributed by atoms with E-state index in [0.29, 0.717) is 0 Å². The Labute approximate surface area is 175 Å². The van der Waals surface area contributed by atoms with Crippen molar-refractivity contribution in [1.29, 1.82) is 0 Å². The molecule has 3 rings (SSSR count). The second kappa shape index (κ2) is 8.98. The normalized spacial score (nSPS) is 15.3. The fourth-order valence-corrected chi connectivity index (χ4v) is 3.58. The molecule has 1 aliphatic rings. The third kappa shape index (κ3) is 4.45. The van der Waals surface area contributed by atoms with E-state index in [4.69, 9.17) is 9.84 Å². The van der Waals surface area contributed by atoms with Crippen molar-refractivity contribution in [3.05, 3.63) is 59.7 Å². The van der Waals surface area contributed by atoms with Crippen molar-refractivity contribution in [2.45, 2.75) is 38.8 Å². The first kappa shape index (κ1) is 21.4. The summed E-state index contributed by atoms with van der Waals surface area (Å²) in [6.45, 7) is 4.87. The van der Waals surface area contributed by atoms with Crippen molar-refractivity contribution in [3.8, 4) is 11.1 Å². The summed E-state index contributed by atoms with van der Waals surface area (Å²) >= 11 is 0. The monoisotopic (exact) mass is 410 g/mol. The summed E-state index contributed by atoms with van der Waals surface area (Å²) in [5.74, 6) is -2.23. The Balaban J connectivity index is 1.58. The highest BCUT2D eigenvalue weighted by molar-refractivity contribution is 5.85. The molecule has 0 aromatic heterocycles. The Morgan fingerprint density at radius 2 is 1.47 bits per heavy atom. The highest BCUT2D eigenvalue weighted by Crippen LogP contribution is 2.44. The number of benzene rings is 2. The molecule has 1 aliphatic carbocycles. The lowest BCUT2D eigenvalue weighted by Gasteiger charge is -2.22. The maximum absolute atomic E-state index is 12.3. The second-order valence-corrected chi connectivity index (χ2v) is 7.62. The minimum absolute atomic E-state index is 0.0457. The van der Waals surface area contributed by atoms with Crippen LogP contribution in [0.4, 0.5) is 4.79 Å². The molecular weight excluding hydrogens is 384 g/mol. The Kier molecular flexibility index (Phi) is 6.40. The average Bonchev–Trinajstić information content (AvgIpc) is 3.05. The molecule has 0 spiro atoms. The molecule has 2 aromatic rings. The van der Waals surface area contributed by atoms with E-state index in [0.717, 1.165) is 22.3 Å². The zero-order chi connectivity index (χ0) is 21.8. The van der Waals surface area contributed by atoms with Gasteiger partial charge >= 0.3 is 12.1 Å². The summed E-state index contributed by atoms with van der Waals surface area (Å²) in [5, 5.41) is 14.0. The Bertz CT molecular complexity index is 913. The maximum Gasteiger partial charge on any atom is 0.407 e. The van der Waals surface area contributed by atoms with E-state index in [1.54, 1.807) is 13.8 Å². The molecule has 2 amide bonds. The molecule has 0 heterocycles. The van der Waals surface area contributed by atoms with Crippen LogP contribution in [0.15, 0.2) is 48.5 Å². The summed E-state index contributed by atoms with van der Waals surface area (Å²) in [7, 11) is 0. The van der Waals surface area contributed by atoms with Crippen molar-refractivity contribution in [2.24, 2.45) is 5.92 Å². The fourth-order valence-electron chi connectivity index (χ4n) is 3.58. The Hall–Kier alpha value is -3.35. The molecule has 0 aliphatic heterocycles. The first-order chi connectivity index (χ1) is 14.3. The highest BCUT2D eigenvalue weighted by Gasteiger charge is 2.30. The standard InChI is InChI=1S/C23H26N2O5/c1-13(21(26)24-15(3)22(27)28)14(2)25-23(29)30-12-20-18-10-6-4-8-16(18)17-9-5-7-11-19(17)20/h4-11,13-15,20H,12H2,1-3H3,(H,24,26)(H,25,29)(H,27,28)/t13?,14?,15-/m1/s1. The van der Waals surface area contributed by atoms with Crippen molar-refractivity contribution >= 4 is 18.0 Å². The van der Waals surface area contributed by atoms with E-state index in [9.17, 15) is 14.4 Å². The third-order valence-electron chi connectivity index (χ3n) is 5.58. The van der Waals surface area contributed by atoms with Crippen LogP contribution in [-0.4, -0.2) is 41.8 Å². The Morgan fingerprint density at radius 1 is 0.933 bits per heavy atom. The van der Waals surface area contributed by atoms with Crippen LogP contribution in [-0.2, 0) is 14.3 Å². The summed E-state index contributed by atoms with van der Waals surface area (Å²) in [6, 6.07) is 14.6. The minimum atomic E-state index is -1.12. The van der Waals surface area contributed by atoms with E-state index in [-0.39, 0.29) is 12.5 Å². The van der Waals surface area contributed by atoms with Gasteiger partial charge in [-0.05, 0) is 36.1 Å². The molecule has 0 saturated carbocycles. The smallest absolute Gasteiger partial charge is 0.407 e. The highest BCUT2D eigenvalue weighted by atomic mass is 16.5. The number of fused-ring (bicyclic) bond motifs is 3. The molecule has 3 atom stereocenters. The van der Waals surface area contributed by atoms with Crippen LogP contribution >= 0.6 is 0 Å². The topological polar surface area (TPSA) is 105 Å². The number of hydrogen-bond acceptors (Lipinski definition) is 4. The minimum Gasteiger partial charge on any atom is -0.480 e. The SMILES string of the molecule is CC(NC(=O)OCC1c2ccccc2-c2ccccc21)C(C)C(=O)N[C@H](C)C(=O)O. The molecule has 0 bridgehead atoms.